The lowest BCUT2D eigenvalue weighted by atomic mass is 9.89. The van der Waals surface area contributed by atoms with Gasteiger partial charge in [0.15, 0.2) is 0 Å². The van der Waals surface area contributed by atoms with Crippen molar-refractivity contribution in [2.24, 2.45) is 5.92 Å². The quantitative estimate of drug-likeness (QED) is 0.928. The van der Waals surface area contributed by atoms with Crippen molar-refractivity contribution in [3.8, 4) is 0 Å². The van der Waals surface area contributed by atoms with Gasteiger partial charge in [-0.2, -0.15) is 0 Å². The molecule has 1 aliphatic heterocycles. The minimum absolute atomic E-state index is 0.0265. The van der Waals surface area contributed by atoms with Crippen LogP contribution in [-0.4, -0.2) is 28.6 Å². The van der Waals surface area contributed by atoms with Crippen LogP contribution < -0.4 is 0 Å². The van der Waals surface area contributed by atoms with Crippen LogP contribution in [0.3, 0.4) is 0 Å². The minimum Gasteiger partial charge on any atom is -0.481 e. The first-order chi connectivity index (χ1) is 9.81. The van der Waals surface area contributed by atoms with Gasteiger partial charge in [0, 0.05) is 17.6 Å². The van der Waals surface area contributed by atoms with Crippen molar-refractivity contribution in [1.82, 2.24) is 4.90 Å². The van der Waals surface area contributed by atoms with Crippen molar-refractivity contribution < 1.29 is 18.7 Å². The van der Waals surface area contributed by atoms with Crippen LogP contribution in [0.4, 0.5) is 8.78 Å². The summed E-state index contributed by atoms with van der Waals surface area (Å²) in [6.45, 7) is 5.89. The second-order valence-electron chi connectivity index (χ2n) is 5.95. The summed E-state index contributed by atoms with van der Waals surface area (Å²) in [5.41, 5.74) is 0.625. The molecule has 21 heavy (non-hydrogen) atoms. The van der Waals surface area contributed by atoms with Crippen LogP contribution >= 0.6 is 0 Å². The molecule has 0 amide bonds. The second kappa shape index (κ2) is 6.10. The number of carboxylic acid groups (broad SMARTS) is 1. The van der Waals surface area contributed by atoms with Gasteiger partial charge in [0.25, 0.3) is 0 Å². The van der Waals surface area contributed by atoms with Crippen LogP contribution in [0.1, 0.15) is 43.9 Å². The largest absolute Gasteiger partial charge is 0.481 e. The number of nitrogens with zero attached hydrogens (tertiary/aromatic N) is 1. The van der Waals surface area contributed by atoms with Gasteiger partial charge in [0.05, 0.1) is 5.92 Å². The van der Waals surface area contributed by atoms with Crippen LogP contribution in [0.25, 0.3) is 0 Å². The summed E-state index contributed by atoms with van der Waals surface area (Å²) in [4.78, 5) is 13.1. The zero-order chi connectivity index (χ0) is 15.7. The molecule has 0 aliphatic carbocycles. The number of likely N-dealkylation sites (tertiary alicyclic amines) is 1. The topological polar surface area (TPSA) is 40.5 Å². The molecule has 1 N–H and O–H groups in total. The molecule has 1 aromatic carbocycles. The molecule has 2 rings (SSSR count). The number of hydrogen-bond acceptors (Lipinski definition) is 2. The number of halogens is 2. The van der Waals surface area contributed by atoms with E-state index in [4.69, 9.17) is 5.11 Å². The Labute approximate surface area is 123 Å². The second-order valence-corrected chi connectivity index (χ2v) is 5.95. The van der Waals surface area contributed by atoms with E-state index in [9.17, 15) is 13.6 Å². The lowest BCUT2D eigenvalue weighted by molar-refractivity contribution is -0.144. The van der Waals surface area contributed by atoms with Crippen molar-refractivity contribution in [2.75, 3.05) is 6.54 Å². The van der Waals surface area contributed by atoms with Crippen molar-refractivity contribution in [2.45, 2.75) is 45.7 Å². The molecule has 1 fully saturated rings. The zero-order valence-electron chi connectivity index (χ0n) is 12.6. The lowest BCUT2D eigenvalue weighted by Gasteiger charge is -2.40. The molecule has 0 radical (unpaired) electrons. The average Bonchev–Trinajstić information content (AvgIpc) is 2.42. The van der Waals surface area contributed by atoms with E-state index in [1.54, 1.807) is 0 Å². The van der Waals surface area contributed by atoms with Crippen LogP contribution in [0.5, 0.6) is 0 Å². The van der Waals surface area contributed by atoms with E-state index in [2.05, 4.69) is 0 Å². The van der Waals surface area contributed by atoms with E-state index in [1.807, 2.05) is 18.7 Å². The van der Waals surface area contributed by atoms with E-state index >= 15 is 0 Å². The van der Waals surface area contributed by atoms with Gasteiger partial charge in [-0.25, -0.2) is 8.78 Å². The highest BCUT2D eigenvalue weighted by atomic mass is 19.1. The molecule has 0 saturated carbocycles. The van der Waals surface area contributed by atoms with Crippen molar-refractivity contribution >= 4 is 5.97 Å². The Bertz CT molecular complexity index is 547. The summed E-state index contributed by atoms with van der Waals surface area (Å²) in [5.74, 6) is -1.94. The maximum Gasteiger partial charge on any atom is 0.306 e. The van der Waals surface area contributed by atoms with Gasteiger partial charge >= 0.3 is 5.97 Å². The van der Waals surface area contributed by atoms with E-state index in [0.29, 0.717) is 30.5 Å². The van der Waals surface area contributed by atoms with Crippen LogP contribution in [0.2, 0.25) is 0 Å². The Hall–Kier alpha value is -1.49. The first kappa shape index (κ1) is 15.9. The highest BCUT2D eigenvalue weighted by Crippen LogP contribution is 2.32. The Balaban J connectivity index is 2.19. The van der Waals surface area contributed by atoms with Gasteiger partial charge in [-0.1, -0.05) is 0 Å². The fraction of sp³-hybridized carbons (Fsp3) is 0.562. The number of piperidine rings is 1. The highest BCUT2D eigenvalue weighted by molar-refractivity contribution is 5.70. The van der Waals surface area contributed by atoms with Gasteiger partial charge in [-0.3, -0.25) is 9.69 Å². The molecule has 0 aromatic heterocycles. The van der Waals surface area contributed by atoms with Gasteiger partial charge in [0.1, 0.15) is 11.6 Å². The van der Waals surface area contributed by atoms with Gasteiger partial charge in [-0.15, -0.1) is 0 Å². The molecular weight excluding hydrogens is 276 g/mol. The summed E-state index contributed by atoms with van der Waals surface area (Å²) in [5, 5.41) is 9.08. The number of benzene rings is 1. The smallest absolute Gasteiger partial charge is 0.306 e. The van der Waals surface area contributed by atoms with Crippen LogP contribution in [-0.2, 0) is 4.79 Å². The van der Waals surface area contributed by atoms with E-state index in [0.717, 1.165) is 0 Å². The monoisotopic (exact) mass is 297 g/mol. The first-order valence-electron chi connectivity index (χ1n) is 7.25. The third kappa shape index (κ3) is 3.23. The first-order valence-corrected chi connectivity index (χ1v) is 7.25. The molecule has 3 atom stereocenters. The summed E-state index contributed by atoms with van der Waals surface area (Å²) in [7, 11) is 0. The molecule has 1 aromatic rings. The molecular formula is C16H21F2NO2. The van der Waals surface area contributed by atoms with Crippen molar-refractivity contribution in [3.05, 3.63) is 34.9 Å². The average molecular weight is 297 g/mol. The standard InChI is InChI=1S/C16H21F2NO2/c1-9-6-15(18)13(8-14(9)17)11(3)19-5-4-12(16(20)21)7-10(19)2/h6,8,10-12H,4-5,7H2,1-3H3,(H,20,21). The van der Waals surface area contributed by atoms with Crippen molar-refractivity contribution in [1.29, 1.82) is 0 Å². The summed E-state index contributed by atoms with van der Waals surface area (Å²) in [6, 6.07) is 2.23. The number of aliphatic carboxylic acids is 1. The van der Waals surface area contributed by atoms with Crippen molar-refractivity contribution in [3.63, 3.8) is 0 Å². The molecule has 1 heterocycles. The van der Waals surface area contributed by atoms with Crippen LogP contribution in [0, 0.1) is 24.5 Å². The number of hydrogen-bond donors (Lipinski definition) is 1. The Kier molecular flexibility index (Phi) is 4.61. The molecule has 5 heteroatoms. The third-order valence-corrected chi connectivity index (χ3v) is 4.50. The Morgan fingerprint density at radius 1 is 1.38 bits per heavy atom. The third-order valence-electron chi connectivity index (χ3n) is 4.50. The predicted octanol–water partition coefficient (Wildman–Crippen LogP) is 3.52. The maximum absolute atomic E-state index is 14.1. The highest BCUT2D eigenvalue weighted by Gasteiger charge is 2.33. The molecule has 3 nitrogen and oxygen atoms in total. The lowest BCUT2D eigenvalue weighted by Crippen LogP contribution is -2.44. The van der Waals surface area contributed by atoms with Gasteiger partial charge < -0.3 is 5.11 Å². The number of aryl methyl sites for hydroxylation is 1. The van der Waals surface area contributed by atoms with E-state index < -0.39 is 17.6 Å². The number of carbonyl (C=O) groups is 1. The molecule has 3 unspecified atom stereocenters. The summed E-state index contributed by atoms with van der Waals surface area (Å²) < 4.78 is 27.8. The van der Waals surface area contributed by atoms with E-state index in [-0.39, 0.29) is 18.0 Å². The molecule has 0 bridgehead atoms. The normalized spacial score (nSPS) is 24.8. The Morgan fingerprint density at radius 3 is 2.62 bits per heavy atom. The predicted molar refractivity (Wildman–Crippen MR) is 76.0 cm³/mol. The zero-order valence-corrected chi connectivity index (χ0v) is 12.6. The SMILES string of the molecule is Cc1cc(F)c(C(C)N2CCC(C(=O)O)CC2C)cc1F. The Morgan fingerprint density at radius 2 is 2.05 bits per heavy atom. The van der Waals surface area contributed by atoms with E-state index in [1.165, 1.54) is 19.1 Å². The van der Waals surface area contributed by atoms with Crippen LogP contribution in [0.15, 0.2) is 12.1 Å². The molecule has 116 valence electrons. The fourth-order valence-corrected chi connectivity index (χ4v) is 3.15. The molecule has 1 aliphatic rings. The van der Waals surface area contributed by atoms with Gasteiger partial charge in [-0.05, 0) is 57.9 Å². The number of rotatable bonds is 3. The maximum atomic E-state index is 14.1. The molecule has 0 spiro atoms. The molecule has 1 saturated heterocycles. The number of carboxylic acids is 1. The summed E-state index contributed by atoms with van der Waals surface area (Å²) >= 11 is 0. The van der Waals surface area contributed by atoms with Gasteiger partial charge in [0.2, 0.25) is 0 Å². The fourth-order valence-electron chi connectivity index (χ4n) is 3.15. The summed E-state index contributed by atoms with van der Waals surface area (Å²) in [6.07, 6.45) is 1.08. The minimum atomic E-state index is -0.776.